The molecule has 2 N–H and O–H groups in total. The standard InChI is InChI=1S/C10H10FN3O3/c11-7-1-2-10(9(5-7)14(15)16)17-4-3-8(13)6-12/h1-2,5,8H,3-4,13H2. The van der Waals surface area contributed by atoms with E-state index in [1.807, 2.05) is 0 Å². The number of nitrogens with zero attached hydrogens (tertiary/aromatic N) is 2. The monoisotopic (exact) mass is 239 g/mol. The summed E-state index contributed by atoms with van der Waals surface area (Å²) in [5.41, 5.74) is 4.88. The lowest BCUT2D eigenvalue weighted by molar-refractivity contribution is -0.386. The Hall–Kier alpha value is -2.20. The molecule has 7 heteroatoms. The predicted octanol–water partition coefficient (Wildman–Crippen LogP) is 1.35. The number of ether oxygens (including phenoxy) is 1. The van der Waals surface area contributed by atoms with Gasteiger partial charge in [0.05, 0.1) is 29.7 Å². The van der Waals surface area contributed by atoms with Crippen molar-refractivity contribution in [3.63, 3.8) is 0 Å². The van der Waals surface area contributed by atoms with Crippen LogP contribution in [0.2, 0.25) is 0 Å². The third-order valence-electron chi connectivity index (χ3n) is 1.97. The first-order valence-corrected chi connectivity index (χ1v) is 4.76. The van der Waals surface area contributed by atoms with E-state index in [4.69, 9.17) is 15.7 Å². The molecule has 0 aromatic heterocycles. The molecule has 0 saturated heterocycles. The van der Waals surface area contributed by atoms with Gasteiger partial charge < -0.3 is 10.5 Å². The van der Waals surface area contributed by atoms with Crippen LogP contribution in [0.4, 0.5) is 10.1 Å². The fourth-order valence-corrected chi connectivity index (χ4v) is 1.12. The molecule has 1 aromatic rings. The molecule has 0 bridgehead atoms. The van der Waals surface area contributed by atoms with Crippen LogP contribution in [0.25, 0.3) is 0 Å². The summed E-state index contributed by atoms with van der Waals surface area (Å²) in [7, 11) is 0. The number of nitrogens with two attached hydrogens (primary N) is 1. The molecule has 0 aliphatic heterocycles. The van der Waals surface area contributed by atoms with E-state index in [-0.39, 0.29) is 18.8 Å². The quantitative estimate of drug-likeness (QED) is 0.617. The first-order valence-electron chi connectivity index (χ1n) is 4.76. The summed E-state index contributed by atoms with van der Waals surface area (Å²) >= 11 is 0. The van der Waals surface area contributed by atoms with Gasteiger partial charge in [-0.15, -0.1) is 0 Å². The molecular formula is C10H10FN3O3. The molecule has 0 radical (unpaired) electrons. The number of nitro groups is 1. The van der Waals surface area contributed by atoms with Crippen molar-refractivity contribution in [2.75, 3.05) is 6.61 Å². The molecular weight excluding hydrogens is 229 g/mol. The zero-order valence-electron chi connectivity index (χ0n) is 8.80. The van der Waals surface area contributed by atoms with Gasteiger partial charge in [-0.05, 0) is 12.1 Å². The average Bonchev–Trinajstić information content (AvgIpc) is 2.30. The Morgan fingerprint density at radius 2 is 2.35 bits per heavy atom. The minimum atomic E-state index is -0.733. The molecule has 1 aromatic carbocycles. The molecule has 0 aliphatic rings. The second kappa shape index (κ2) is 5.77. The Balaban J connectivity index is 2.71. The van der Waals surface area contributed by atoms with E-state index in [1.54, 1.807) is 6.07 Å². The molecule has 0 aliphatic carbocycles. The lowest BCUT2D eigenvalue weighted by Gasteiger charge is -2.07. The van der Waals surface area contributed by atoms with Gasteiger partial charge in [0.2, 0.25) is 0 Å². The van der Waals surface area contributed by atoms with Crippen LogP contribution in [0.3, 0.4) is 0 Å². The molecule has 90 valence electrons. The van der Waals surface area contributed by atoms with E-state index in [0.717, 1.165) is 12.1 Å². The fraction of sp³-hybridized carbons (Fsp3) is 0.300. The molecule has 17 heavy (non-hydrogen) atoms. The van der Waals surface area contributed by atoms with Crippen molar-refractivity contribution in [3.05, 3.63) is 34.1 Å². The van der Waals surface area contributed by atoms with Gasteiger partial charge in [0.25, 0.3) is 0 Å². The predicted molar refractivity (Wildman–Crippen MR) is 56.8 cm³/mol. The van der Waals surface area contributed by atoms with Gasteiger partial charge in [-0.2, -0.15) is 5.26 Å². The Morgan fingerprint density at radius 3 is 2.94 bits per heavy atom. The van der Waals surface area contributed by atoms with Crippen molar-refractivity contribution in [2.24, 2.45) is 5.73 Å². The van der Waals surface area contributed by atoms with E-state index >= 15 is 0 Å². The molecule has 0 fully saturated rings. The number of nitro benzene ring substituents is 1. The number of rotatable bonds is 5. The molecule has 1 rings (SSSR count). The van der Waals surface area contributed by atoms with E-state index in [9.17, 15) is 14.5 Å². The maximum atomic E-state index is 12.8. The van der Waals surface area contributed by atoms with E-state index in [0.29, 0.717) is 0 Å². The molecule has 0 amide bonds. The van der Waals surface area contributed by atoms with Crippen molar-refractivity contribution in [2.45, 2.75) is 12.5 Å². The number of nitriles is 1. The molecule has 1 atom stereocenters. The van der Waals surface area contributed by atoms with Gasteiger partial charge in [-0.25, -0.2) is 4.39 Å². The molecule has 0 saturated carbocycles. The van der Waals surface area contributed by atoms with Crippen molar-refractivity contribution in [3.8, 4) is 11.8 Å². The second-order valence-corrected chi connectivity index (χ2v) is 3.24. The van der Waals surface area contributed by atoms with Crippen molar-refractivity contribution in [1.82, 2.24) is 0 Å². The maximum absolute atomic E-state index is 12.8. The van der Waals surface area contributed by atoms with Crippen LogP contribution in [-0.2, 0) is 0 Å². The summed E-state index contributed by atoms with van der Waals surface area (Å²) in [6.07, 6.45) is 0.241. The molecule has 6 nitrogen and oxygen atoms in total. The van der Waals surface area contributed by atoms with Crippen LogP contribution in [0.1, 0.15) is 6.42 Å². The number of benzene rings is 1. The normalized spacial score (nSPS) is 11.6. The van der Waals surface area contributed by atoms with Crippen LogP contribution in [-0.4, -0.2) is 17.6 Å². The van der Waals surface area contributed by atoms with Gasteiger partial charge >= 0.3 is 5.69 Å². The lowest BCUT2D eigenvalue weighted by Crippen LogP contribution is -2.20. The summed E-state index contributed by atoms with van der Waals surface area (Å²) in [6, 6.07) is 4.13. The molecule has 1 unspecified atom stereocenters. The van der Waals surface area contributed by atoms with Crippen LogP contribution >= 0.6 is 0 Å². The summed E-state index contributed by atoms with van der Waals surface area (Å²) in [6.45, 7) is 0.0567. The van der Waals surface area contributed by atoms with Gasteiger partial charge in [0.1, 0.15) is 5.82 Å². The van der Waals surface area contributed by atoms with Gasteiger partial charge in [-0.3, -0.25) is 10.1 Å². The van der Waals surface area contributed by atoms with Gasteiger partial charge in [0, 0.05) is 6.42 Å². The molecule has 0 heterocycles. The molecule has 0 spiro atoms. The first-order chi connectivity index (χ1) is 8.04. The highest BCUT2D eigenvalue weighted by molar-refractivity contribution is 5.46. The van der Waals surface area contributed by atoms with E-state index < -0.39 is 22.5 Å². The Morgan fingerprint density at radius 1 is 1.65 bits per heavy atom. The minimum absolute atomic E-state index is 0.0402. The smallest absolute Gasteiger partial charge is 0.313 e. The van der Waals surface area contributed by atoms with Gasteiger partial charge in [-0.1, -0.05) is 0 Å². The summed E-state index contributed by atoms with van der Waals surface area (Å²) < 4.78 is 17.9. The summed E-state index contributed by atoms with van der Waals surface area (Å²) in [5.74, 6) is -0.751. The van der Waals surface area contributed by atoms with Crippen LogP contribution in [0.5, 0.6) is 5.75 Å². The highest BCUT2D eigenvalue weighted by Crippen LogP contribution is 2.27. The minimum Gasteiger partial charge on any atom is -0.487 e. The highest BCUT2D eigenvalue weighted by atomic mass is 19.1. The Kier molecular flexibility index (Phi) is 4.37. The summed E-state index contributed by atoms with van der Waals surface area (Å²) in [4.78, 5) is 9.88. The topological polar surface area (TPSA) is 102 Å². The fourth-order valence-electron chi connectivity index (χ4n) is 1.12. The van der Waals surface area contributed by atoms with Crippen LogP contribution in [0, 0.1) is 27.3 Å². The third-order valence-corrected chi connectivity index (χ3v) is 1.97. The first kappa shape index (κ1) is 12.9. The summed E-state index contributed by atoms with van der Waals surface area (Å²) in [5, 5.41) is 19.0. The SMILES string of the molecule is N#CC(N)CCOc1ccc(F)cc1[N+](=O)[O-]. The number of hydrogen-bond acceptors (Lipinski definition) is 5. The van der Waals surface area contributed by atoms with Crippen LogP contribution in [0.15, 0.2) is 18.2 Å². The Labute approximate surface area is 96.6 Å². The van der Waals surface area contributed by atoms with Crippen molar-refractivity contribution >= 4 is 5.69 Å². The maximum Gasteiger partial charge on any atom is 0.313 e. The van der Waals surface area contributed by atoms with E-state index in [1.165, 1.54) is 6.07 Å². The zero-order valence-corrected chi connectivity index (χ0v) is 8.80. The lowest BCUT2D eigenvalue weighted by atomic mass is 10.2. The number of halogens is 1. The third kappa shape index (κ3) is 3.70. The van der Waals surface area contributed by atoms with Gasteiger partial charge in [0.15, 0.2) is 5.75 Å². The van der Waals surface area contributed by atoms with Crippen molar-refractivity contribution < 1.29 is 14.1 Å². The Bertz CT molecular complexity index is 459. The number of hydrogen-bond donors (Lipinski definition) is 1. The second-order valence-electron chi connectivity index (χ2n) is 3.24. The van der Waals surface area contributed by atoms with Crippen LogP contribution < -0.4 is 10.5 Å². The highest BCUT2D eigenvalue weighted by Gasteiger charge is 2.16. The largest absolute Gasteiger partial charge is 0.487 e. The zero-order chi connectivity index (χ0) is 12.8. The average molecular weight is 239 g/mol. The van der Waals surface area contributed by atoms with Crippen molar-refractivity contribution in [1.29, 1.82) is 5.26 Å². The van der Waals surface area contributed by atoms with E-state index in [2.05, 4.69) is 0 Å².